The number of hydrogen-bond acceptors (Lipinski definition) is 3. The molecule has 1 saturated heterocycles. The Morgan fingerprint density at radius 1 is 1.17 bits per heavy atom. The lowest BCUT2D eigenvalue weighted by atomic mass is 10.0. The number of aromatic nitrogens is 3. The number of hydrogen-bond donors (Lipinski definition) is 0. The maximum Gasteiger partial charge on any atom is 0.123 e. The third kappa shape index (κ3) is 2.63. The van der Waals surface area contributed by atoms with Gasteiger partial charge in [0, 0.05) is 32.0 Å². The largest absolute Gasteiger partial charge is 0.330 e. The molecule has 0 saturated carbocycles. The standard InChI is InChI=1S/C19H22N4/c1-14-10-18(15-6-5-9-20-11-15)23(12-14)13-19-21-16-7-3-4-8-17(16)22(19)2/h3-9,11,14,18H,10,12-13H2,1-2H3. The van der Waals surface area contributed by atoms with Gasteiger partial charge in [0.2, 0.25) is 0 Å². The number of pyridine rings is 1. The fraction of sp³-hybridized carbons (Fsp3) is 0.368. The topological polar surface area (TPSA) is 34.0 Å². The Balaban J connectivity index is 1.64. The van der Waals surface area contributed by atoms with E-state index in [0.29, 0.717) is 12.0 Å². The van der Waals surface area contributed by atoms with Crippen molar-refractivity contribution in [2.24, 2.45) is 13.0 Å². The Hall–Kier alpha value is -2.20. The average molecular weight is 306 g/mol. The molecule has 2 atom stereocenters. The summed E-state index contributed by atoms with van der Waals surface area (Å²) in [5.74, 6) is 1.84. The first-order valence-electron chi connectivity index (χ1n) is 8.26. The van der Waals surface area contributed by atoms with E-state index < -0.39 is 0 Å². The SMILES string of the molecule is CC1CC(c2cccnc2)N(Cc2nc3ccccc3n2C)C1. The first-order chi connectivity index (χ1) is 11.2. The van der Waals surface area contributed by atoms with Gasteiger partial charge in [0.15, 0.2) is 0 Å². The third-order valence-corrected chi connectivity index (χ3v) is 4.91. The van der Waals surface area contributed by atoms with E-state index in [4.69, 9.17) is 4.98 Å². The molecular weight excluding hydrogens is 284 g/mol. The van der Waals surface area contributed by atoms with Crippen LogP contribution in [-0.4, -0.2) is 26.0 Å². The van der Waals surface area contributed by atoms with Gasteiger partial charge in [-0.15, -0.1) is 0 Å². The normalized spacial score (nSPS) is 22.0. The van der Waals surface area contributed by atoms with Gasteiger partial charge in [0.1, 0.15) is 5.82 Å². The Bertz CT molecular complexity index is 809. The maximum atomic E-state index is 4.83. The highest BCUT2D eigenvalue weighted by molar-refractivity contribution is 5.75. The van der Waals surface area contributed by atoms with Crippen LogP contribution in [0.15, 0.2) is 48.8 Å². The zero-order valence-corrected chi connectivity index (χ0v) is 13.7. The van der Waals surface area contributed by atoms with Crippen molar-refractivity contribution >= 4 is 11.0 Å². The van der Waals surface area contributed by atoms with Crippen LogP contribution in [0.3, 0.4) is 0 Å². The summed E-state index contributed by atoms with van der Waals surface area (Å²) < 4.78 is 2.22. The molecule has 3 heterocycles. The minimum atomic E-state index is 0.443. The van der Waals surface area contributed by atoms with Crippen molar-refractivity contribution in [1.82, 2.24) is 19.4 Å². The molecule has 3 aromatic rings. The van der Waals surface area contributed by atoms with Crippen molar-refractivity contribution in [2.45, 2.75) is 25.9 Å². The van der Waals surface area contributed by atoms with Crippen molar-refractivity contribution in [3.63, 3.8) is 0 Å². The average Bonchev–Trinajstić information content (AvgIpc) is 3.10. The highest BCUT2D eigenvalue weighted by Gasteiger charge is 2.31. The van der Waals surface area contributed by atoms with Crippen molar-refractivity contribution in [3.05, 3.63) is 60.2 Å². The quantitative estimate of drug-likeness (QED) is 0.742. The van der Waals surface area contributed by atoms with Gasteiger partial charge in [-0.1, -0.05) is 25.1 Å². The Morgan fingerprint density at radius 3 is 2.83 bits per heavy atom. The van der Waals surface area contributed by atoms with Crippen LogP contribution in [-0.2, 0) is 13.6 Å². The first kappa shape index (κ1) is 14.4. The van der Waals surface area contributed by atoms with Gasteiger partial charge in [-0.2, -0.15) is 0 Å². The number of aryl methyl sites for hydroxylation is 1. The molecule has 23 heavy (non-hydrogen) atoms. The van der Waals surface area contributed by atoms with Crippen molar-refractivity contribution in [3.8, 4) is 0 Å². The minimum Gasteiger partial charge on any atom is -0.330 e. The van der Waals surface area contributed by atoms with Crippen LogP contribution < -0.4 is 0 Å². The molecule has 0 spiro atoms. The van der Waals surface area contributed by atoms with Gasteiger partial charge in [0.25, 0.3) is 0 Å². The second kappa shape index (κ2) is 5.78. The predicted octanol–water partition coefficient (Wildman–Crippen LogP) is 3.55. The molecule has 0 amide bonds. The second-order valence-corrected chi connectivity index (χ2v) is 6.65. The van der Waals surface area contributed by atoms with Gasteiger partial charge < -0.3 is 4.57 Å². The van der Waals surface area contributed by atoms with E-state index in [1.807, 2.05) is 18.5 Å². The number of rotatable bonds is 3. The smallest absolute Gasteiger partial charge is 0.123 e. The lowest BCUT2D eigenvalue weighted by Gasteiger charge is -2.24. The van der Waals surface area contributed by atoms with Crippen LogP contribution in [0.25, 0.3) is 11.0 Å². The van der Waals surface area contributed by atoms with Crippen LogP contribution in [0.5, 0.6) is 0 Å². The molecule has 4 nitrogen and oxygen atoms in total. The van der Waals surface area contributed by atoms with Gasteiger partial charge in [-0.05, 0) is 36.1 Å². The van der Waals surface area contributed by atoms with E-state index in [-0.39, 0.29) is 0 Å². The van der Waals surface area contributed by atoms with Crippen LogP contribution in [0, 0.1) is 5.92 Å². The van der Waals surface area contributed by atoms with E-state index in [9.17, 15) is 0 Å². The minimum absolute atomic E-state index is 0.443. The van der Waals surface area contributed by atoms with Crippen molar-refractivity contribution in [1.29, 1.82) is 0 Å². The molecule has 0 radical (unpaired) electrons. The molecule has 2 unspecified atom stereocenters. The van der Waals surface area contributed by atoms with E-state index >= 15 is 0 Å². The highest BCUT2D eigenvalue weighted by Crippen LogP contribution is 2.36. The van der Waals surface area contributed by atoms with Gasteiger partial charge >= 0.3 is 0 Å². The van der Waals surface area contributed by atoms with Gasteiger partial charge in [0.05, 0.1) is 17.6 Å². The second-order valence-electron chi connectivity index (χ2n) is 6.65. The zero-order chi connectivity index (χ0) is 15.8. The van der Waals surface area contributed by atoms with E-state index in [1.54, 1.807) is 0 Å². The zero-order valence-electron chi connectivity index (χ0n) is 13.7. The number of fused-ring (bicyclic) bond motifs is 1. The number of benzene rings is 1. The summed E-state index contributed by atoms with van der Waals surface area (Å²) in [4.78, 5) is 11.7. The van der Waals surface area contributed by atoms with Crippen molar-refractivity contribution in [2.75, 3.05) is 6.54 Å². The Kier molecular flexibility index (Phi) is 3.62. The lowest BCUT2D eigenvalue weighted by Crippen LogP contribution is -2.25. The molecule has 0 aliphatic carbocycles. The van der Waals surface area contributed by atoms with Crippen LogP contribution in [0.4, 0.5) is 0 Å². The van der Waals surface area contributed by atoms with E-state index in [1.165, 1.54) is 17.5 Å². The maximum absolute atomic E-state index is 4.83. The summed E-state index contributed by atoms with van der Waals surface area (Å²) in [6.45, 7) is 4.33. The highest BCUT2D eigenvalue weighted by atomic mass is 15.2. The predicted molar refractivity (Wildman–Crippen MR) is 91.9 cm³/mol. The van der Waals surface area contributed by atoms with E-state index in [2.05, 4.69) is 58.8 Å². The number of para-hydroxylation sites is 2. The number of imidazole rings is 1. The molecule has 0 bridgehead atoms. The molecule has 1 fully saturated rings. The summed E-state index contributed by atoms with van der Waals surface area (Å²) in [5.41, 5.74) is 3.60. The molecule has 4 heteroatoms. The van der Waals surface area contributed by atoms with Gasteiger partial charge in [-0.25, -0.2) is 4.98 Å². The molecular formula is C19H22N4. The van der Waals surface area contributed by atoms with Crippen LogP contribution in [0.1, 0.15) is 30.8 Å². The Morgan fingerprint density at radius 2 is 2.04 bits per heavy atom. The van der Waals surface area contributed by atoms with E-state index in [0.717, 1.165) is 24.4 Å². The molecule has 1 aromatic carbocycles. The van der Waals surface area contributed by atoms with Crippen LogP contribution >= 0.6 is 0 Å². The summed E-state index contributed by atoms with van der Waals surface area (Å²) in [5, 5.41) is 0. The molecule has 0 N–H and O–H groups in total. The lowest BCUT2D eigenvalue weighted by molar-refractivity contribution is 0.237. The monoisotopic (exact) mass is 306 g/mol. The molecule has 4 rings (SSSR count). The Labute approximate surface area is 136 Å². The number of likely N-dealkylation sites (tertiary alicyclic amines) is 1. The fourth-order valence-corrected chi connectivity index (χ4v) is 3.75. The number of nitrogens with zero attached hydrogens (tertiary/aromatic N) is 4. The fourth-order valence-electron chi connectivity index (χ4n) is 3.75. The molecule has 1 aliphatic heterocycles. The summed E-state index contributed by atoms with van der Waals surface area (Å²) in [7, 11) is 2.11. The van der Waals surface area contributed by atoms with Gasteiger partial charge in [-0.3, -0.25) is 9.88 Å². The first-order valence-corrected chi connectivity index (χ1v) is 8.26. The summed E-state index contributed by atoms with van der Waals surface area (Å²) >= 11 is 0. The van der Waals surface area contributed by atoms with Crippen LogP contribution in [0.2, 0.25) is 0 Å². The third-order valence-electron chi connectivity index (χ3n) is 4.91. The molecule has 118 valence electrons. The molecule has 1 aliphatic rings. The molecule has 2 aromatic heterocycles. The van der Waals surface area contributed by atoms with Crippen molar-refractivity contribution < 1.29 is 0 Å². The summed E-state index contributed by atoms with van der Waals surface area (Å²) in [6.07, 6.45) is 5.04. The summed E-state index contributed by atoms with van der Waals surface area (Å²) in [6, 6.07) is 13.0.